The van der Waals surface area contributed by atoms with Crippen molar-refractivity contribution in [1.82, 2.24) is 0 Å². The Morgan fingerprint density at radius 1 is 0.909 bits per heavy atom. The lowest BCUT2D eigenvalue weighted by molar-refractivity contribution is -0.648. The summed E-state index contributed by atoms with van der Waals surface area (Å²) in [6.07, 6.45) is 1.68. The molecule has 0 saturated heterocycles. The molecule has 0 bridgehead atoms. The summed E-state index contributed by atoms with van der Waals surface area (Å²) in [5.41, 5.74) is 1.28. The van der Waals surface area contributed by atoms with Crippen LogP contribution in [0.3, 0.4) is 0 Å². The number of benzene rings is 3. The summed E-state index contributed by atoms with van der Waals surface area (Å²) in [6, 6.07) is 18.5. The van der Waals surface area contributed by atoms with Crippen LogP contribution in [0.2, 0.25) is 0 Å². The number of rotatable bonds is 5. The average molecular weight is 522 g/mol. The van der Waals surface area contributed by atoms with Crippen molar-refractivity contribution in [2.75, 3.05) is 10.8 Å². The van der Waals surface area contributed by atoms with E-state index in [0.29, 0.717) is 21.2 Å². The molecule has 0 amide bonds. The summed E-state index contributed by atoms with van der Waals surface area (Å²) in [5.74, 6) is -1.30. The van der Waals surface area contributed by atoms with E-state index in [1.165, 1.54) is 32.6 Å². The van der Waals surface area contributed by atoms with Gasteiger partial charge >= 0.3 is 10.1 Å². The van der Waals surface area contributed by atoms with Gasteiger partial charge in [0.25, 0.3) is 21.0 Å². The Hall–Kier alpha value is -2.48. The highest BCUT2D eigenvalue weighted by Crippen LogP contribution is 2.47. The molecule has 0 unspecified atom stereocenters. The summed E-state index contributed by atoms with van der Waals surface area (Å²) in [4.78, 5) is 2.27. The van der Waals surface area contributed by atoms with Crippen molar-refractivity contribution >= 4 is 76.1 Å². The highest BCUT2D eigenvalue weighted by molar-refractivity contribution is 8.04. The van der Waals surface area contributed by atoms with Gasteiger partial charge in [-0.15, -0.1) is 0 Å². The molecule has 12 heteroatoms. The van der Waals surface area contributed by atoms with E-state index in [-0.39, 0.29) is 0 Å². The van der Waals surface area contributed by atoms with Gasteiger partial charge in [0.15, 0.2) is 5.88 Å². The minimum Gasteiger partial charge on any atom is -0.317 e. The molecule has 5 rings (SSSR count). The fourth-order valence-corrected chi connectivity index (χ4v) is 7.48. The summed E-state index contributed by atoms with van der Waals surface area (Å²) in [5, 5.41) is 2.77. The van der Waals surface area contributed by atoms with E-state index in [1.54, 1.807) is 18.2 Å². The second-order valence-electron chi connectivity index (χ2n) is 7.40. The smallest absolute Gasteiger partial charge is 0.317 e. The molecule has 0 fully saturated rings. The number of thiazole rings is 1. The standard InChI is InChI=1S/C21H16N2O6S4/c24-32(25,26)12-22-16-7-3-4-8-17(16)30-19(22)11-20-23(13-33(27,28)29)21-15-6-2-1-5-14(15)9-10-18(21)31-20/h1-11H,12-13H2,(H-,24,25,26,27,28,29)/p+1. The van der Waals surface area contributed by atoms with Gasteiger partial charge in [-0.1, -0.05) is 59.5 Å². The highest BCUT2D eigenvalue weighted by Gasteiger charge is 2.32. The van der Waals surface area contributed by atoms with Crippen molar-refractivity contribution in [2.24, 2.45) is 0 Å². The first-order chi connectivity index (χ1) is 15.6. The Bertz CT molecular complexity index is 1660. The van der Waals surface area contributed by atoms with Gasteiger partial charge in [-0.25, -0.2) is 0 Å². The minimum atomic E-state index is -4.38. The minimum absolute atomic E-state index is 0.508. The first-order valence-corrected chi connectivity index (χ1v) is 14.4. The maximum absolute atomic E-state index is 11.9. The average Bonchev–Trinajstić information content (AvgIpc) is 3.24. The summed E-state index contributed by atoms with van der Waals surface area (Å²) >= 11 is 2.64. The van der Waals surface area contributed by atoms with Gasteiger partial charge in [0, 0.05) is 4.90 Å². The van der Waals surface area contributed by atoms with Gasteiger partial charge < -0.3 is 4.90 Å². The molecule has 2 heterocycles. The van der Waals surface area contributed by atoms with Crippen LogP contribution in [0, 0.1) is 0 Å². The van der Waals surface area contributed by atoms with Gasteiger partial charge in [0.05, 0.1) is 22.2 Å². The van der Waals surface area contributed by atoms with Gasteiger partial charge in [-0.3, -0.25) is 9.11 Å². The Balaban J connectivity index is 1.74. The van der Waals surface area contributed by atoms with Crippen LogP contribution in [-0.2, 0) is 26.1 Å². The van der Waals surface area contributed by atoms with Crippen molar-refractivity contribution in [2.45, 2.75) is 10.8 Å². The predicted octanol–water partition coefficient (Wildman–Crippen LogP) is 3.94. The van der Waals surface area contributed by atoms with Crippen LogP contribution in [0.1, 0.15) is 5.01 Å². The van der Waals surface area contributed by atoms with Gasteiger partial charge in [-0.05, 0) is 29.7 Å². The second kappa shape index (κ2) is 8.08. The zero-order chi connectivity index (χ0) is 23.4. The number of thioether (sulfide) groups is 1. The molecule has 0 atom stereocenters. The van der Waals surface area contributed by atoms with Crippen molar-refractivity contribution in [1.29, 1.82) is 0 Å². The highest BCUT2D eigenvalue weighted by atomic mass is 32.2. The van der Waals surface area contributed by atoms with Gasteiger partial charge in [0.1, 0.15) is 4.70 Å². The third kappa shape index (κ3) is 4.50. The summed E-state index contributed by atoms with van der Waals surface area (Å²) in [7, 11) is -8.71. The molecule has 4 aromatic rings. The molecule has 0 aliphatic carbocycles. The van der Waals surface area contributed by atoms with E-state index in [9.17, 15) is 25.9 Å². The van der Waals surface area contributed by atoms with Crippen LogP contribution in [0.5, 0.6) is 0 Å². The normalized spacial score (nSPS) is 15.6. The lowest BCUT2D eigenvalue weighted by atomic mass is 10.1. The number of nitrogens with zero attached hydrogens (tertiary/aromatic N) is 2. The van der Waals surface area contributed by atoms with E-state index in [2.05, 4.69) is 0 Å². The van der Waals surface area contributed by atoms with E-state index in [0.717, 1.165) is 20.4 Å². The number of hydrogen-bond acceptors (Lipinski definition) is 7. The van der Waals surface area contributed by atoms with Crippen molar-refractivity contribution < 1.29 is 30.5 Å². The number of anilines is 1. The molecule has 0 radical (unpaired) electrons. The molecule has 1 aliphatic rings. The predicted molar refractivity (Wildman–Crippen MR) is 130 cm³/mol. The Kier molecular flexibility index (Phi) is 5.46. The molecule has 3 aromatic carbocycles. The lowest BCUT2D eigenvalue weighted by Gasteiger charge is -2.17. The largest absolute Gasteiger partial charge is 0.326 e. The van der Waals surface area contributed by atoms with Crippen molar-refractivity contribution in [3.05, 3.63) is 70.7 Å². The maximum Gasteiger partial charge on any atom is 0.326 e. The Labute approximate surface area is 198 Å². The topological polar surface area (TPSA) is 116 Å². The molecule has 33 heavy (non-hydrogen) atoms. The third-order valence-corrected chi connectivity index (χ3v) is 8.46. The second-order valence-corrected chi connectivity index (χ2v) is 12.4. The first-order valence-electron chi connectivity index (χ1n) is 9.60. The maximum atomic E-state index is 11.9. The van der Waals surface area contributed by atoms with Crippen molar-refractivity contribution in [3.8, 4) is 0 Å². The van der Waals surface area contributed by atoms with Crippen LogP contribution in [0.4, 0.5) is 5.69 Å². The third-order valence-electron chi connectivity index (χ3n) is 5.08. The van der Waals surface area contributed by atoms with Crippen LogP contribution in [0.15, 0.2) is 70.6 Å². The number of aromatic nitrogens is 1. The molecule has 1 aliphatic heterocycles. The van der Waals surface area contributed by atoms with Crippen molar-refractivity contribution in [3.63, 3.8) is 0 Å². The SMILES string of the molecule is O=S(=O)(O)CN1C(=Cc2sc3ccc4ccccc4c3[n+]2CS(=O)(=O)O)Sc2ccccc21. The molecule has 8 nitrogen and oxygen atoms in total. The van der Waals surface area contributed by atoms with E-state index in [4.69, 9.17) is 0 Å². The molecule has 2 N–H and O–H groups in total. The van der Waals surface area contributed by atoms with E-state index >= 15 is 0 Å². The monoisotopic (exact) mass is 521 g/mol. The van der Waals surface area contributed by atoms with Crippen LogP contribution in [-0.4, -0.2) is 31.8 Å². The lowest BCUT2D eigenvalue weighted by Crippen LogP contribution is -2.39. The van der Waals surface area contributed by atoms with Crippen LogP contribution >= 0.6 is 23.1 Å². The zero-order valence-corrected chi connectivity index (χ0v) is 20.1. The fourth-order valence-electron chi connectivity index (χ4n) is 3.83. The van der Waals surface area contributed by atoms with Crippen LogP contribution < -0.4 is 9.47 Å². The van der Waals surface area contributed by atoms with E-state index < -0.39 is 32.0 Å². The zero-order valence-electron chi connectivity index (χ0n) is 16.8. The van der Waals surface area contributed by atoms with Gasteiger partial charge in [-0.2, -0.15) is 21.4 Å². The molecule has 0 spiro atoms. The van der Waals surface area contributed by atoms with Gasteiger partial charge in [0.2, 0.25) is 5.52 Å². The molecular formula is C21H17N2O6S4+. The summed E-state index contributed by atoms with van der Waals surface area (Å²) < 4.78 is 68.7. The van der Waals surface area contributed by atoms with Crippen LogP contribution in [0.25, 0.3) is 27.1 Å². The number of fused-ring (bicyclic) bond motifs is 4. The number of hydrogen-bond donors (Lipinski definition) is 2. The quantitative estimate of drug-likeness (QED) is 0.300. The fraction of sp³-hybridized carbons (Fsp3) is 0.0952. The molecule has 1 aromatic heterocycles. The molecule has 0 saturated carbocycles. The first kappa shape index (κ1) is 22.3. The Morgan fingerprint density at radius 3 is 2.39 bits per heavy atom. The number of para-hydroxylation sites is 1. The molecule has 170 valence electrons. The van der Waals surface area contributed by atoms with E-state index in [1.807, 2.05) is 48.5 Å². The summed E-state index contributed by atoms with van der Waals surface area (Å²) in [6.45, 7) is 0. The molecular weight excluding hydrogens is 505 g/mol. The Morgan fingerprint density at radius 2 is 1.64 bits per heavy atom.